The van der Waals surface area contributed by atoms with Crippen LogP contribution in [0.25, 0.3) is 6.08 Å². The average Bonchev–Trinajstić information content (AvgIpc) is 2.16. The number of hydrogen-bond donors (Lipinski definition) is 0. The summed E-state index contributed by atoms with van der Waals surface area (Å²) < 4.78 is 4.38. The minimum Gasteiger partial charge on any atom is -0.872 e. The fourth-order valence-corrected chi connectivity index (χ4v) is 0.844. The lowest BCUT2D eigenvalue weighted by molar-refractivity contribution is -0.268. The predicted octanol–water partition coefficient (Wildman–Crippen LogP) is 0.946. The third kappa shape index (κ3) is 2.63. The van der Waals surface area contributed by atoms with Gasteiger partial charge >= 0.3 is 5.97 Å². The Morgan fingerprint density at radius 3 is 2.77 bits per heavy atom. The first-order chi connectivity index (χ1) is 6.24. The fourth-order valence-electron chi connectivity index (χ4n) is 0.844. The Bertz CT molecular complexity index is 329. The summed E-state index contributed by atoms with van der Waals surface area (Å²) in [5.41, 5.74) is 0.480. The first kappa shape index (κ1) is 9.32. The summed E-state index contributed by atoms with van der Waals surface area (Å²) in [4.78, 5) is 10.7. The van der Waals surface area contributed by atoms with Crippen LogP contribution in [0, 0.1) is 0 Å². The zero-order valence-electron chi connectivity index (χ0n) is 7.19. The van der Waals surface area contributed by atoms with E-state index in [-0.39, 0.29) is 5.75 Å². The highest BCUT2D eigenvalue weighted by atomic mass is 16.5. The predicted molar refractivity (Wildman–Crippen MR) is 46.9 cm³/mol. The van der Waals surface area contributed by atoms with Crippen molar-refractivity contribution in [3.63, 3.8) is 0 Å². The smallest absolute Gasteiger partial charge is 0.330 e. The standard InChI is InChI=1S/C10H10O3/c1-13-10(12)7-6-8-4-2-3-5-9(8)11/h2-7,11H,1H3/p-1/b7-6+. The van der Waals surface area contributed by atoms with Gasteiger partial charge in [0.25, 0.3) is 0 Å². The summed E-state index contributed by atoms with van der Waals surface area (Å²) >= 11 is 0. The average molecular weight is 177 g/mol. The van der Waals surface area contributed by atoms with E-state index in [4.69, 9.17) is 0 Å². The van der Waals surface area contributed by atoms with E-state index < -0.39 is 5.97 Å². The van der Waals surface area contributed by atoms with Crippen molar-refractivity contribution in [1.29, 1.82) is 0 Å². The van der Waals surface area contributed by atoms with Crippen LogP contribution in [0.3, 0.4) is 0 Å². The highest BCUT2D eigenvalue weighted by molar-refractivity contribution is 5.87. The van der Waals surface area contributed by atoms with Crippen molar-refractivity contribution >= 4 is 12.0 Å². The molecule has 3 nitrogen and oxygen atoms in total. The number of methoxy groups -OCH3 is 1. The quantitative estimate of drug-likeness (QED) is 0.499. The molecule has 0 N–H and O–H groups in total. The van der Waals surface area contributed by atoms with E-state index in [1.807, 2.05) is 0 Å². The summed E-state index contributed by atoms with van der Waals surface area (Å²) in [6.45, 7) is 0. The number of para-hydroxylation sites is 1. The van der Waals surface area contributed by atoms with Gasteiger partial charge in [0.05, 0.1) is 7.11 Å². The second-order valence-electron chi connectivity index (χ2n) is 2.39. The molecule has 0 spiro atoms. The van der Waals surface area contributed by atoms with Crippen LogP contribution in [-0.4, -0.2) is 13.1 Å². The molecular formula is C10H9O3-. The Kier molecular flexibility index (Phi) is 3.09. The molecule has 1 aromatic carbocycles. The number of hydrogen-bond acceptors (Lipinski definition) is 3. The molecule has 0 amide bonds. The molecule has 0 heterocycles. The third-order valence-electron chi connectivity index (χ3n) is 1.52. The minimum absolute atomic E-state index is 0.109. The molecule has 68 valence electrons. The number of esters is 1. The number of carbonyl (C=O) groups excluding carboxylic acids is 1. The van der Waals surface area contributed by atoms with Gasteiger partial charge in [-0.25, -0.2) is 4.79 Å². The van der Waals surface area contributed by atoms with Crippen LogP contribution in [0.2, 0.25) is 0 Å². The van der Waals surface area contributed by atoms with E-state index in [1.165, 1.54) is 25.3 Å². The molecule has 13 heavy (non-hydrogen) atoms. The van der Waals surface area contributed by atoms with Crippen molar-refractivity contribution in [1.82, 2.24) is 0 Å². The first-order valence-corrected chi connectivity index (χ1v) is 3.76. The van der Waals surface area contributed by atoms with E-state index in [2.05, 4.69) is 4.74 Å². The zero-order chi connectivity index (χ0) is 9.68. The molecule has 0 unspecified atom stereocenters. The molecule has 0 saturated carbocycles. The van der Waals surface area contributed by atoms with Crippen LogP contribution in [-0.2, 0) is 9.53 Å². The van der Waals surface area contributed by atoms with Gasteiger partial charge in [-0.15, -0.1) is 5.75 Å². The summed E-state index contributed by atoms with van der Waals surface area (Å²) in [5.74, 6) is -0.578. The largest absolute Gasteiger partial charge is 0.872 e. The molecule has 1 aromatic rings. The van der Waals surface area contributed by atoms with Crippen LogP contribution in [0.4, 0.5) is 0 Å². The van der Waals surface area contributed by atoms with Crippen molar-refractivity contribution in [3.05, 3.63) is 35.9 Å². The van der Waals surface area contributed by atoms with Gasteiger partial charge in [0.1, 0.15) is 0 Å². The highest BCUT2D eigenvalue weighted by Gasteiger charge is 1.91. The van der Waals surface area contributed by atoms with Crippen LogP contribution in [0.1, 0.15) is 5.56 Å². The molecule has 0 atom stereocenters. The zero-order valence-corrected chi connectivity index (χ0v) is 7.19. The third-order valence-corrected chi connectivity index (χ3v) is 1.52. The van der Waals surface area contributed by atoms with E-state index >= 15 is 0 Å². The van der Waals surface area contributed by atoms with Gasteiger partial charge in [-0.2, -0.15) is 0 Å². The Morgan fingerprint density at radius 2 is 2.15 bits per heavy atom. The lowest BCUT2D eigenvalue weighted by atomic mass is 10.2. The number of rotatable bonds is 2. The molecule has 0 aliphatic rings. The maximum absolute atomic E-state index is 11.1. The lowest BCUT2D eigenvalue weighted by Crippen LogP contribution is -1.95. The maximum Gasteiger partial charge on any atom is 0.330 e. The van der Waals surface area contributed by atoms with E-state index in [9.17, 15) is 9.90 Å². The van der Waals surface area contributed by atoms with Gasteiger partial charge in [-0.05, 0) is 11.6 Å². The number of ether oxygens (including phenoxy) is 1. The molecule has 0 aromatic heterocycles. The van der Waals surface area contributed by atoms with Crippen LogP contribution < -0.4 is 5.11 Å². The summed E-state index contributed by atoms with van der Waals surface area (Å²) in [5, 5.41) is 11.1. The van der Waals surface area contributed by atoms with Crippen molar-refractivity contribution in [2.24, 2.45) is 0 Å². The van der Waals surface area contributed by atoms with E-state index in [0.29, 0.717) is 5.56 Å². The van der Waals surface area contributed by atoms with Gasteiger partial charge in [0.2, 0.25) is 0 Å². The molecule has 1 rings (SSSR count). The number of benzene rings is 1. The van der Waals surface area contributed by atoms with Gasteiger partial charge in [-0.1, -0.05) is 24.3 Å². The van der Waals surface area contributed by atoms with Gasteiger partial charge in [0.15, 0.2) is 0 Å². The van der Waals surface area contributed by atoms with Crippen molar-refractivity contribution in [2.75, 3.05) is 7.11 Å². The Labute approximate surface area is 76.3 Å². The second-order valence-corrected chi connectivity index (χ2v) is 2.39. The van der Waals surface area contributed by atoms with Gasteiger partial charge in [-0.3, -0.25) is 0 Å². The normalized spacial score (nSPS) is 10.2. The van der Waals surface area contributed by atoms with Crippen molar-refractivity contribution in [3.8, 4) is 5.75 Å². The summed E-state index contributed by atoms with van der Waals surface area (Å²) in [6, 6.07) is 6.47. The summed E-state index contributed by atoms with van der Waals surface area (Å²) in [7, 11) is 1.29. The molecule has 0 aliphatic heterocycles. The lowest BCUT2D eigenvalue weighted by Gasteiger charge is -2.07. The Hall–Kier alpha value is -1.77. The molecule has 0 radical (unpaired) electrons. The topological polar surface area (TPSA) is 49.4 Å². The van der Waals surface area contributed by atoms with E-state index in [1.54, 1.807) is 18.2 Å². The van der Waals surface area contributed by atoms with Crippen molar-refractivity contribution in [2.45, 2.75) is 0 Å². The maximum atomic E-state index is 11.1. The monoisotopic (exact) mass is 177 g/mol. The Balaban J connectivity index is 2.80. The fraction of sp³-hybridized carbons (Fsp3) is 0.100. The molecule has 0 aliphatic carbocycles. The minimum atomic E-state index is -0.469. The van der Waals surface area contributed by atoms with E-state index in [0.717, 1.165) is 0 Å². The summed E-state index contributed by atoms with van der Waals surface area (Å²) in [6.07, 6.45) is 2.66. The first-order valence-electron chi connectivity index (χ1n) is 3.76. The van der Waals surface area contributed by atoms with Crippen LogP contribution in [0.15, 0.2) is 30.3 Å². The van der Waals surface area contributed by atoms with Crippen LogP contribution in [0.5, 0.6) is 5.75 Å². The van der Waals surface area contributed by atoms with Gasteiger partial charge < -0.3 is 9.84 Å². The molecule has 0 saturated heterocycles. The molecule has 3 heteroatoms. The van der Waals surface area contributed by atoms with Crippen molar-refractivity contribution < 1.29 is 14.6 Å². The van der Waals surface area contributed by atoms with Crippen LogP contribution >= 0.6 is 0 Å². The number of carbonyl (C=O) groups is 1. The molecule has 0 bridgehead atoms. The SMILES string of the molecule is COC(=O)/C=C/c1ccccc1[O-]. The second kappa shape index (κ2) is 4.30. The van der Waals surface area contributed by atoms with Gasteiger partial charge in [0, 0.05) is 6.08 Å². The Morgan fingerprint density at radius 1 is 1.46 bits per heavy atom. The molecular weight excluding hydrogens is 168 g/mol. The molecule has 0 fully saturated rings. The highest BCUT2D eigenvalue weighted by Crippen LogP contribution is 2.13.